The third-order valence-electron chi connectivity index (χ3n) is 5.22. The van der Waals surface area contributed by atoms with E-state index in [1.54, 1.807) is 0 Å². The standard InChI is InChI=1S/C22H43N2/c1-4-6-8-10-12-14-16-18-22-23(3)20-21-24(22)19-17-15-13-11-9-7-5-2/h20-21H,4-19H2,1-3H3/q+1. The number of unbranched alkanes of at least 4 members (excludes halogenated alkanes) is 12. The molecule has 0 aliphatic rings. The van der Waals surface area contributed by atoms with E-state index in [0.717, 1.165) is 0 Å². The van der Waals surface area contributed by atoms with E-state index in [4.69, 9.17) is 0 Å². The summed E-state index contributed by atoms with van der Waals surface area (Å²) in [6.45, 7) is 5.79. The molecule has 0 fully saturated rings. The Bertz CT molecular complexity index is 395. The van der Waals surface area contributed by atoms with Crippen LogP contribution in [-0.4, -0.2) is 4.57 Å². The zero-order chi connectivity index (χ0) is 17.5. The van der Waals surface area contributed by atoms with Gasteiger partial charge >= 0.3 is 0 Å². The molecule has 0 spiro atoms. The maximum absolute atomic E-state index is 2.50. The molecule has 2 heteroatoms. The molecule has 0 bridgehead atoms. The predicted molar refractivity (Wildman–Crippen MR) is 105 cm³/mol. The van der Waals surface area contributed by atoms with Gasteiger partial charge in [-0.2, -0.15) is 0 Å². The largest absolute Gasteiger partial charge is 0.256 e. The van der Waals surface area contributed by atoms with Crippen LogP contribution in [0.1, 0.15) is 110 Å². The van der Waals surface area contributed by atoms with Crippen molar-refractivity contribution in [2.24, 2.45) is 7.05 Å². The molecule has 0 aliphatic carbocycles. The number of nitrogens with zero attached hydrogens (tertiary/aromatic N) is 2. The van der Waals surface area contributed by atoms with Gasteiger partial charge in [0, 0.05) is 6.42 Å². The van der Waals surface area contributed by atoms with Crippen LogP contribution in [0.5, 0.6) is 0 Å². The first-order valence-electron chi connectivity index (χ1n) is 10.8. The van der Waals surface area contributed by atoms with E-state index < -0.39 is 0 Å². The Balaban J connectivity index is 2.15. The quantitative estimate of drug-likeness (QED) is 0.246. The highest BCUT2D eigenvalue weighted by molar-refractivity contribution is 4.82. The summed E-state index contributed by atoms with van der Waals surface area (Å²) in [5.41, 5.74) is 0. The summed E-state index contributed by atoms with van der Waals surface area (Å²) >= 11 is 0. The van der Waals surface area contributed by atoms with Crippen LogP contribution in [0.15, 0.2) is 12.4 Å². The molecule has 1 aromatic heterocycles. The molecule has 0 radical (unpaired) electrons. The lowest BCUT2D eigenvalue weighted by molar-refractivity contribution is -0.704. The number of rotatable bonds is 16. The molecular formula is C22H43N2+. The maximum atomic E-state index is 2.50. The molecule has 0 atom stereocenters. The molecule has 1 heterocycles. The van der Waals surface area contributed by atoms with Crippen molar-refractivity contribution in [3.8, 4) is 0 Å². The number of aromatic nitrogens is 2. The van der Waals surface area contributed by atoms with Crippen molar-refractivity contribution in [3.63, 3.8) is 0 Å². The van der Waals surface area contributed by atoms with Gasteiger partial charge in [-0.1, -0.05) is 84.5 Å². The zero-order valence-electron chi connectivity index (χ0n) is 16.9. The van der Waals surface area contributed by atoms with Crippen molar-refractivity contribution < 1.29 is 4.57 Å². The van der Waals surface area contributed by atoms with Crippen molar-refractivity contribution in [3.05, 3.63) is 18.2 Å². The molecule has 0 saturated heterocycles. The minimum atomic E-state index is 1.21. The Morgan fingerprint density at radius 1 is 0.708 bits per heavy atom. The van der Waals surface area contributed by atoms with Gasteiger partial charge in [-0.05, 0) is 19.3 Å². The highest BCUT2D eigenvalue weighted by Gasteiger charge is 2.13. The smallest absolute Gasteiger partial charge is 0.237 e. The van der Waals surface area contributed by atoms with E-state index in [2.05, 4.69) is 42.4 Å². The van der Waals surface area contributed by atoms with E-state index in [1.807, 2.05) is 0 Å². The van der Waals surface area contributed by atoms with Gasteiger partial charge in [0.2, 0.25) is 0 Å². The Labute approximate surface area is 151 Å². The lowest BCUT2D eigenvalue weighted by Gasteiger charge is -2.04. The summed E-state index contributed by atoms with van der Waals surface area (Å²) in [5, 5.41) is 0. The fourth-order valence-electron chi connectivity index (χ4n) is 3.56. The van der Waals surface area contributed by atoms with E-state index in [-0.39, 0.29) is 0 Å². The SMILES string of the molecule is CCCCCCCCCc1n(C)cc[n+]1CCCCCCCCC. The molecule has 0 unspecified atom stereocenters. The Morgan fingerprint density at radius 2 is 1.21 bits per heavy atom. The lowest BCUT2D eigenvalue weighted by Crippen LogP contribution is -2.37. The fourth-order valence-corrected chi connectivity index (χ4v) is 3.56. The average Bonchev–Trinajstić information content (AvgIpc) is 2.93. The van der Waals surface area contributed by atoms with Gasteiger partial charge in [0.1, 0.15) is 12.4 Å². The van der Waals surface area contributed by atoms with Crippen molar-refractivity contribution in [2.75, 3.05) is 0 Å². The summed E-state index contributed by atoms with van der Waals surface area (Å²) in [6.07, 6.45) is 25.3. The zero-order valence-corrected chi connectivity index (χ0v) is 16.9. The first kappa shape index (κ1) is 21.3. The summed E-state index contributed by atoms with van der Waals surface area (Å²) < 4.78 is 4.83. The summed E-state index contributed by atoms with van der Waals surface area (Å²) in [7, 11) is 2.21. The molecule has 140 valence electrons. The van der Waals surface area contributed by atoms with Crippen LogP contribution in [0.4, 0.5) is 0 Å². The van der Waals surface area contributed by atoms with Crippen LogP contribution < -0.4 is 4.57 Å². The van der Waals surface area contributed by atoms with Crippen molar-refractivity contribution in [2.45, 2.75) is 117 Å². The predicted octanol–water partition coefficient (Wildman–Crippen LogP) is 6.36. The minimum Gasteiger partial charge on any atom is -0.237 e. The molecule has 0 saturated carbocycles. The van der Waals surface area contributed by atoms with Gasteiger partial charge in [0.05, 0.1) is 13.6 Å². The normalized spacial score (nSPS) is 11.3. The monoisotopic (exact) mass is 335 g/mol. The third-order valence-corrected chi connectivity index (χ3v) is 5.22. The lowest BCUT2D eigenvalue weighted by atomic mass is 10.1. The molecule has 0 aliphatic heterocycles. The summed E-state index contributed by atoms with van der Waals surface area (Å²) in [4.78, 5) is 0. The second-order valence-electron chi connectivity index (χ2n) is 7.51. The number of aryl methyl sites for hydroxylation is 2. The molecular weight excluding hydrogens is 292 g/mol. The van der Waals surface area contributed by atoms with Crippen LogP contribution in [0.2, 0.25) is 0 Å². The van der Waals surface area contributed by atoms with Gasteiger partial charge < -0.3 is 0 Å². The Morgan fingerprint density at radius 3 is 1.79 bits per heavy atom. The van der Waals surface area contributed by atoms with Crippen molar-refractivity contribution in [1.82, 2.24) is 4.57 Å². The van der Waals surface area contributed by atoms with Crippen molar-refractivity contribution >= 4 is 0 Å². The molecule has 0 amide bonds. The minimum absolute atomic E-state index is 1.21. The number of hydrogen-bond acceptors (Lipinski definition) is 0. The van der Waals surface area contributed by atoms with Crippen LogP contribution in [0.3, 0.4) is 0 Å². The molecule has 24 heavy (non-hydrogen) atoms. The van der Waals surface area contributed by atoms with Gasteiger partial charge in [-0.15, -0.1) is 0 Å². The third kappa shape index (κ3) is 9.49. The van der Waals surface area contributed by atoms with E-state index in [9.17, 15) is 0 Å². The Hall–Kier alpha value is -0.790. The van der Waals surface area contributed by atoms with E-state index in [1.165, 1.54) is 109 Å². The van der Waals surface area contributed by atoms with Crippen LogP contribution >= 0.6 is 0 Å². The second kappa shape index (κ2) is 14.5. The fraction of sp³-hybridized carbons (Fsp3) is 0.864. The van der Waals surface area contributed by atoms with Gasteiger partial charge in [0.25, 0.3) is 5.82 Å². The first-order valence-corrected chi connectivity index (χ1v) is 10.8. The van der Waals surface area contributed by atoms with Crippen molar-refractivity contribution in [1.29, 1.82) is 0 Å². The molecule has 1 rings (SSSR count). The maximum Gasteiger partial charge on any atom is 0.256 e. The summed E-state index contributed by atoms with van der Waals surface area (Å²) in [5.74, 6) is 1.52. The van der Waals surface area contributed by atoms with Gasteiger partial charge in [-0.25, -0.2) is 9.13 Å². The van der Waals surface area contributed by atoms with E-state index in [0.29, 0.717) is 0 Å². The number of hydrogen-bond donors (Lipinski definition) is 0. The van der Waals surface area contributed by atoms with Crippen LogP contribution in [0.25, 0.3) is 0 Å². The average molecular weight is 336 g/mol. The highest BCUT2D eigenvalue weighted by Crippen LogP contribution is 2.10. The van der Waals surface area contributed by atoms with E-state index >= 15 is 0 Å². The molecule has 2 nitrogen and oxygen atoms in total. The molecule has 0 N–H and O–H groups in total. The van der Waals surface area contributed by atoms with Crippen LogP contribution in [0, 0.1) is 0 Å². The van der Waals surface area contributed by atoms with Crippen LogP contribution in [-0.2, 0) is 20.0 Å². The molecule has 1 aromatic rings. The van der Waals surface area contributed by atoms with Gasteiger partial charge in [-0.3, -0.25) is 0 Å². The number of imidazole rings is 1. The summed E-state index contributed by atoms with van der Waals surface area (Å²) in [6, 6.07) is 0. The first-order chi connectivity index (χ1) is 11.8. The topological polar surface area (TPSA) is 8.81 Å². The Kier molecular flexibility index (Phi) is 12.9. The second-order valence-corrected chi connectivity index (χ2v) is 7.51. The molecule has 0 aromatic carbocycles. The van der Waals surface area contributed by atoms with Gasteiger partial charge in [0.15, 0.2) is 0 Å². The highest BCUT2D eigenvalue weighted by atomic mass is 15.1.